The van der Waals surface area contributed by atoms with Gasteiger partial charge in [-0.1, -0.05) is 30.3 Å². The zero-order chi connectivity index (χ0) is 17.2. The molecular formula is C18H19NO4S. The Morgan fingerprint density at radius 3 is 2.21 bits per heavy atom. The lowest BCUT2D eigenvalue weighted by molar-refractivity contribution is -0.121. The SMILES string of the molecule is O=C(CS(=O)(=O)c1ccc(O)cc1)NC1(c2ccccc2)CCC1. The lowest BCUT2D eigenvalue weighted by Crippen LogP contribution is -2.52. The number of rotatable bonds is 5. The lowest BCUT2D eigenvalue weighted by atomic mass is 9.72. The van der Waals surface area contributed by atoms with Crippen molar-refractivity contribution in [3.05, 3.63) is 60.2 Å². The molecule has 0 aromatic heterocycles. The fourth-order valence-electron chi connectivity index (χ4n) is 2.99. The third kappa shape index (κ3) is 3.28. The summed E-state index contributed by atoms with van der Waals surface area (Å²) in [5.41, 5.74) is 0.551. The van der Waals surface area contributed by atoms with Crippen LogP contribution in [-0.2, 0) is 20.2 Å². The Hall–Kier alpha value is -2.34. The Kier molecular flexibility index (Phi) is 4.32. The molecule has 1 saturated carbocycles. The molecule has 1 aliphatic rings. The molecule has 126 valence electrons. The molecule has 2 aromatic rings. The lowest BCUT2D eigenvalue weighted by Gasteiger charge is -2.43. The summed E-state index contributed by atoms with van der Waals surface area (Å²) in [4.78, 5) is 12.4. The van der Waals surface area contributed by atoms with E-state index in [1.807, 2.05) is 30.3 Å². The van der Waals surface area contributed by atoms with Crippen LogP contribution in [0.3, 0.4) is 0 Å². The van der Waals surface area contributed by atoms with Crippen molar-refractivity contribution in [3.63, 3.8) is 0 Å². The fraction of sp³-hybridized carbons (Fsp3) is 0.278. The van der Waals surface area contributed by atoms with Crippen molar-refractivity contribution < 1.29 is 18.3 Å². The van der Waals surface area contributed by atoms with Gasteiger partial charge in [0.25, 0.3) is 0 Å². The van der Waals surface area contributed by atoms with E-state index in [2.05, 4.69) is 5.32 Å². The number of phenols is 1. The maximum absolute atomic E-state index is 12.3. The number of carbonyl (C=O) groups is 1. The summed E-state index contributed by atoms with van der Waals surface area (Å²) in [6, 6.07) is 14.8. The third-order valence-corrected chi connectivity index (χ3v) is 6.06. The van der Waals surface area contributed by atoms with Crippen LogP contribution in [0.2, 0.25) is 0 Å². The maximum Gasteiger partial charge on any atom is 0.236 e. The first kappa shape index (κ1) is 16.5. The van der Waals surface area contributed by atoms with Gasteiger partial charge in [0.15, 0.2) is 9.84 Å². The topological polar surface area (TPSA) is 83.5 Å². The Balaban J connectivity index is 1.74. The molecule has 0 spiro atoms. The fourth-order valence-corrected chi connectivity index (χ4v) is 4.12. The molecule has 0 aliphatic heterocycles. The quantitative estimate of drug-likeness (QED) is 0.871. The van der Waals surface area contributed by atoms with Gasteiger partial charge in [-0.05, 0) is 49.1 Å². The van der Waals surface area contributed by atoms with Gasteiger partial charge < -0.3 is 10.4 Å². The summed E-state index contributed by atoms with van der Waals surface area (Å²) in [6.45, 7) is 0. The summed E-state index contributed by atoms with van der Waals surface area (Å²) < 4.78 is 24.7. The minimum Gasteiger partial charge on any atom is -0.508 e. The van der Waals surface area contributed by atoms with Gasteiger partial charge in [-0.2, -0.15) is 0 Å². The second kappa shape index (κ2) is 6.28. The van der Waals surface area contributed by atoms with E-state index in [4.69, 9.17) is 0 Å². The van der Waals surface area contributed by atoms with E-state index in [-0.39, 0.29) is 10.6 Å². The predicted molar refractivity (Wildman–Crippen MR) is 90.3 cm³/mol. The average molecular weight is 345 g/mol. The Bertz CT molecular complexity index is 825. The van der Waals surface area contributed by atoms with E-state index in [0.29, 0.717) is 0 Å². The van der Waals surface area contributed by atoms with Gasteiger partial charge in [0.05, 0.1) is 10.4 Å². The number of aromatic hydroxyl groups is 1. The largest absolute Gasteiger partial charge is 0.508 e. The third-order valence-electron chi connectivity index (χ3n) is 4.43. The molecule has 3 rings (SSSR count). The van der Waals surface area contributed by atoms with Crippen molar-refractivity contribution in [1.29, 1.82) is 0 Å². The van der Waals surface area contributed by atoms with Gasteiger partial charge >= 0.3 is 0 Å². The van der Waals surface area contributed by atoms with Crippen LogP contribution in [0.15, 0.2) is 59.5 Å². The van der Waals surface area contributed by atoms with Crippen LogP contribution in [0.4, 0.5) is 0 Å². The zero-order valence-electron chi connectivity index (χ0n) is 13.1. The second-order valence-corrected chi connectivity index (χ2v) is 8.09. The minimum absolute atomic E-state index is 0.0177. The number of hydrogen-bond donors (Lipinski definition) is 2. The van der Waals surface area contributed by atoms with Gasteiger partial charge in [0, 0.05) is 0 Å². The van der Waals surface area contributed by atoms with Crippen LogP contribution in [0.25, 0.3) is 0 Å². The first-order valence-electron chi connectivity index (χ1n) is 7.80. The number of carbonyl (C=O) groups excluding carboxylic acids is 1. The Labute approximate surface area is 141 Å². The molecule has 0 atom stereocenters. The molecule has 5 nitrogen and oxygen atoms in total. The second-order valence-electron chi connectivity index (χ2n) is 6.10. The van der Waals surface area contributed by atoms with Gasteiger partial charge in [-0.15, -0.1) is 0 Å². The number of hydrogen-bond acceptors (Lipinski definition) is 4. The highest BCUT2D eigenvalue weighted by Crippen LogP contribution is 2.41. The summed E-state index contributed by atoms with van der Waals surface area (Å²) in [5.74, 6) is -1.13. The van der Waals surface area contributed by atoms with Crippen molar-refractivity contribution in [2.75, 3.05) is 5.75 Å². The molecule has 2 aromatic carbocycles. The molecule has 0 unspecified atom stereocenters. The molecule has 2 N–H and O–H groups in total. The first-order chi connectivity index (χ1) is 11.4. The van der Waals surface area contributed by atoms with Crippen LogP contribution >= 0.6 is 0 Å². The van der Waals surface area contributed by atoms with Crippen LogP contribution in [0.5, 0.6) is 5.75 Å². The van der Waals surface area contributed by atoms with Gasteiger partial charge in [-0.25, -0.2) is 8.42 Å². The molecule has 24 heavy (non-hydrogen) atoms. The average Bonchev–Trinajstić information content (AvgIpc) is 2.52. The smallest absolute Gasteiger partial charge is 0.236 e. The van der Waals surface area contributed by atoms with Crippen LogP contribution in [0.1, 0.15) is 24.8 Å². The normalized spacial score (nSPS) is 16.2. The van der Waals surface area contributed by atoms with E-state index in [9.17, 15) is 18.3 Å². The van der Waals surface area contributed by atoms with Gasteiger partial charge in [0.2, 0.25) is 5.91 Å². The van der Waals surface area contributed by atoms with E-state index in [1.54, 1.807) is 0 Å². The van der Waals surface area contributed by atoms with Crippen molar-refractivity contribution in [1.82, 2.24) is 5.32 Å². The van der Waals surface area contributed by atoms with E-state index >= 15 is 0 Å². The van der Waals surface area contributed by atoms with Gasteiger partial charge in [-0.3, -0.25) is 4.79 Å². The highest BCUT2D eigenvalue weighted by atomic mass is 32.2. The van der Waals surface area contributed by atoms with Crippen molar-refractivity contribution >= 4 is 15.7 Å². The van der Waals surface area contributed by atoms with E-state index in [0.717, 1.165) is 24.8 Å². The van der Waals surface area contributed by atoms with Crippen LogP contribution in [0, 0.1) is 0 Å². The zero-order valence-corrected chi connectivity index (χ0v) is 13.9. The highest BCUT2D eigenvalue weighted by molar-refractivity contribution is 7.92. The van der Waals surface area contributed by atoms with Gasteiger partial charge in [0.1, 0.15) is 11.5 Å². The number of benzene rings is 2. The standard InChI is InChI=1S/C18H19NO4S/c20-15-7-9-16(10-8-15)24(22,23)13-17(21)19-18(11-4-12-18)14-5-2-1-3-6-14/h1-3,5-10,20H,4,11-13H2,(H,19,21). The van der Waals surface area contributed by atoms with Crippen LogP contribution < -0.4 is 5.32 Å². The number of nitrogens with one attached hydrogen (secondary N) is 1. The molecule has 1 fully saturated rings. The highest BCUT2D eigenvalue weighted by Gasteiger charge is 2.40. The molecular weight excluding hydrogens is 326 g/mol. The van der Waals surface area contributed by atoms with Crippen molar-refractivity contribution in [2.45, 2.75) is 29.7 Å². The number of sulfone groups is 1. The molecule has 1 amide bonds. The van der Waals surface area contributed by atoms with Crippen molar-refractivity contribution in [2.24, 2.45) is 0 Å². The molecule has 0 saturated heterocycles. The Morgan fingerprint density at radius 1 is 1.04 bits per heavy atom. The molecule has 1 aliphatic carbocycles. The maximum atomic E-state index is 12.3. The van der Waals surface area contributed by atoms with E-state index < -0.39 is 27.0 Å². The summed E-state index contributed by atoms with van der Waals surface area (Å²) in [7, 11) is -3.74. The minimum atomic E-state index is -3.74. The van der Waals surface area contributed by atoms with Crippen molar-refractivity contribution in [3.8, 4) is 5.75 Å². The predicted octanol–water partition coefficient (Wildman–Crippen LogP) is 2.36. The molecule has 6 heteroatoms. The summed E-state index contributed by atoms with van der Waals surface area (Å²) in [6.07, 6.45) is 2.61. The monoisotopic (exact) mass is 345 g/mol. The number of amides is 1. The Morgan fingerprint density at radius 2 is 1.67 bits per heavy atom. The molecule has 0 heterocycles. The number of phenolic OH excluding ortho intramolecular Hbond substituents is 1. The summed E-state index contributed by atoms with van der Waals surface area (Å²) in [5, 5.41) is 12.2. The summed E-state index contributed by atoms with van der Waals surface area (Å²) >= 11 is 0. The van der Waals surface area contributed by atoms with Crippen LogP contribution in [-0.4, -0.2) is 25.2 Å². The molecule has 0 bridgehead atoms. The molecule has 0 radical (unpaired) electrons. The van der Waals surface area contributed by atoms with E-state index in [1.165, 1.54) is 24.3 Å². The first-order valence-corrected chi connectivity index (χ1v) is 9.45.